The standard InChI is InChI=1S/C14H13ClN4O/c15-11-4-6-12(7-5-11)20-13-3-1-2-10(8-13)9-18-19-14(16)17/h1-9H,(H4,16,17,19)/p+1/b18-9-. The molecule has 2 rings (SSSR count). The lowest BCUT2D eigenvalue weighted by molar-refractivity contribution is -0.456. The molecule has 0 bridgehead atoms. The highest BCUT2D eigenvalue weighted by Crippen LogP contribution is 2.23. The molecule has 2 aromatic carbocycles. The van der Waals surface area contributed by atoms with E-state index in [-0.39, 0.29) is 5.96 Å². The van der Waals surface area contributed by atoms with E-state index in [9.17, 15) is 0 Å². The Labute approximate surface area is 121 Å². The molecule has 2 aromatic rings. The Bertz CT molecular complexity index is 634. The minimum atomic E-state index is -0.0326. The van der Waals surface area contributed by atoms with Crippen LogP contribution in [0.3, 0.4) is 0 Å². The van der Waals surface area contributed by atoms with E-state index in [1.165, 1.54) is 0 Å². The number of nitrogens with zero attached hydrogens (tertiary/aromatic N) is 1. The van der Waals surface area contributed by atoms with Gasteiger partial charge in [-0.3, -0.25) is 0 Å². The molecule has 0 aliphatic carbocycles. The predicted molar refractivity (Wildman–Crippen MR) is 79.9 cm³/mol. The summed E-state index contributed by atoms with van der Waals surface area (Å²) in [6.45, 7) is 0. The van der Waals surface area contributed by atoms with Gasteiger partial charge in [0.05, 0.1) is 0 Å². The Kier molecular flexibility index (Phi) is 4.57. The molecule has 0 saturated heterocycles. The average molecular weight is 290 g/mol. The molecule has 0 aromatic heterocycles. The van der Waals surface area contributed by atoms with Gasteiger partial charge in [-0.2, -0.15) is 0 Å². The number of ether oxygens (including phenoxy) is 1. The summed E-state index contributed by atoms with van der Waals surface area (Å²) in [5.74, 6) is 1.38. The molecule has 0 radical (unpaired) electrons. The number of nitrogens with two attached hydrogens (primary N) is 2. The molecule has 0 unspecified atom stereocenters. The maximum Gasteiger partial charge on any atom is 0.256 e. The third-order valence-corrected chi connectivity index (χ3v) is 2.58. The zero-order valence-corrected chi connectivity index (χ0v) is 11.3. The molecule has 5 nitrogen and oxygen atoms in total. The minimum Gasteiger partial charge on any atom is -0.457 e. The number of nitrogens with one attached hydrogen (secondary N) is 1. The van der Waals surface area contributed by atoms with Gasteiger partial charge in [0.15, 0.2) is 0 Å². The summed E-state index contributed by atoms with van der Waals surface area (Å²) in [5, 5.41) is 6.96. The molecule has 0 amide bonds. The summed E-state index contributed by atoms with van der Waals surface area (Å²) < 4.78 is 5.71. The van der Waals surface area contributed by atoms with Gasteiger partial charge in [-0.1, -0.05) is 17.7 Å². The quantitative estimate of drug-likeness (QED) is 0.442. The van der Waals surface area contributed by atoms with E-state index in [1.54, 1.807) is 30.5 Å². The lowest BCUT2D eigenvalue weighted by Gasteiger charge is -2.05. The van der Waals surface area contributed by atoms with E-state index in [0.717, 1.165) is 5.56 Å². The van der Waals surface area contributed by atoms with Crippen LogP contribution in [-0.2, 0) is 0 Å². The van der Waals surface area contributed by atoms with Crippen LogP contribution in [0.4, 0.5) is 0 Å². The number of hydrogen-bond acceptors (Lipinski definition) is 2. The molecular formula is C14H14ClN4O+. The second kappa shape index (κ2) is 6.58. The van der Waals surface area contributed by atoms with Crippen molar-refractivity contribution in [2.45, 2.75) is 0 Å². The lowest BCUT2D eigenvalue weighted by Crippen LogP contribution is -2.63. The van der Waals surface area contributed by atoms with Crippen LogP contribution < -0.4 is 21.3 Å². The SMILES string of the molecule is NC(N)=N/[NH+]=C\c1cccc(Oc2ccc(Cl)cc2)c1. The van der Waals surface area contributed by atoms with E-state index in [2.05, 4.69) is 10.2 Å². The second-order valence-corrected chi connectivity index (χ2v) is 4.38. The summed E-state index contributed by atoms with van der Waals surface area (Å²) in [5.41, 5.74) is 11.3. The Hall–Kier alpha value is -2.53. The molecule has 0 aliphatic heterocycles. The summed E-state index contributed by atoms with van der Waals surface area (Å²) >= 11 is 5.82. The molecule has 0 aliphatic rings. The second-order valence-electron chi connectivity index (χ2n) is 3.94. The number of hydrogen-bond donors (Lipinski definition) is 3. The Morgan fingerprint density at radius 3 is 2.55 bits per heavy atom. The third-order valence-electron chi connectivity index (χ3n) is 2.33. The maximum absolute atomic E-state index is 5.82. The molecule has 0 fully saturated rings. The molecule has 5 N–H and O–H groups in total. The van der Waals surface area contributed by atoms with Crippen LogP contribution in [-0.4, -0.2) is 12.2 Å². The van der Waals surface area contributed by atoms with Crippen molar-refractivity contribution >= 4 is 23.8 Å². The highest BCUT2D eigenvalue weighted by molar-refractivity contribution is 6.30. The van der Waals surface area contributed by atoms with E-state index >= 15 is 0 Å². The average Bonchev–Trinajstić information content (AvgIpc) is 2.41. The van der Waals surface area contributed by atoms with E-state index in [4.69, 9.17) is 27.8 Å². The van der Waals surface area contributed by atoms with Gasteiger partial charge in [-0.15, -0.1) is 5.10 Å². The van der Waals surface area contributed by atoms with Gasteiger partial charge in [-0.05, 0) is 42.5 Å². The van der Waals surface area contributed by atoms with Crippen molar-refractivity contribution in [3.05, 3.63) is 59.1 Å². The lowest BCUT2D eigenvalue weighted by atomic mass is 10.2. The molecule has 0 saturated carbocycles. The van der Waals surface area contributed by atoms with Crippen LogP contribution in [0.15, 0.2) is 53.6 Å². The number of rotatable bonds is 4. The van der Waals surface area contributed by atoms with Crippen molar-refractivity contribution in [2.24, 2.45) is 16.6 Å². The smallest absolute Gasteiger partial charge is 0.256 e. The van der Waals surface area contributed by atoms with Crippen LogP contribution in [0.25, 0.3) is 0 Å². The van der Waals surface area contributed by atoms with Crippen LogP contribution in [0, 0.1) is 0 Å². The highest BCUT2D eigenvalue weighted by atomic mass is 35.5. The Morgan fingerprint density at radius 1 is 1.10 bits per heavy atom. The minimum absolute atomic E-state index is 0.0326. The number of benzene rings is 2. The van der Waals surface area contributed by atoms with Crippen molar-refractivity contribution in [3.63, 3.8) is 0 Å². The number of halogens is 1. The van der Waals surface area contributed by atoms with Gasteiger partial charge < -0.3 is 16.2 Å². The zero-order chi connectivity index (χ0) is 14.4. The first kappa shape index (κ1) is 13.9. The van der Waals surface area contributed by atoms with E-state index < -0.39 is 0 Å². The van der Waals surface area contributed by atoms with Crippen molar-refractivity contribution in [2.75, 3.05) is 0 Å². The van der Waals surface area contributed by atoms with Crippen molar-refractivity contribution in [1.29, 1.82) is 0 Å². The fraction of sp³-hybridized carbons (Fsp3) is 0. The van der Waals surface area contributed by atoms with Gasteiger partial charge in [0, 0.05) is 15.7 Å². The van der Waals surface area contributed by atoms with Crippen LogP contribution >= 0.6 is 11.6 Å². The molecule has 20 heavy (non-hydrogen) atoms. The van der Waals surface area contributed by atoms with Gasteiger partial charge in [0.2, 0.25) is 6.21 Å². The topological polar surface area (TPSA) is 87.6 Å². The van der Waals surface area contributed by atoms with Crippen LogP contribution in [0.1, 0.15) is 5.56 Å². The predicted octanol–water partition coefficient (Wildman–Crippen LogP) is 0.820. The van der Waals surface area contributed by atoms with Crippen LogP contribution in [0.2, 0.25) is 5.02 Å². The molecule has 0 spiro atoms. The first-order valence-corrected chi connectivity index (χ1v) is 6.22. The highest BCUT2D eigenvalue weighted by Gasteiger charge is 1.99. The Morgan fingerprint density at radius 2 is 1.85 bits per heavy atom. The molecular weight excluding hydrogens is 276 g/mol. The van der Waals surface area contributed by atoms with Gasteiger partial charge in [0.1, 0.15) is 11.5 Å². The summed E-state index contributed by atoms with van der Waals surface area (Å²) in [6, 6.07) is 14.6. The first-order valence-electron chi connectivity index (χ1n) is 5.84. The van der Waals surface area contributed by atoms with Crippen LogP contribution in [0.5, 0.6) is 11.5 Å². The van der Waals surface area contributed by atoms with Crippen molar-refractivity contribution in [3.8, 4) is 11.5 Å². The van der Waals surface area contributed by atoms with Gasteiger partial charge in [0.25, 0.3) is 5.96 Å². The van der Waals surface area contributed by atoms with Gasteiger partial charge in [-0.25, -0.2) is 0 Å². The molecule has 6 heteroatoms. The van der Waals surface area contributed by atoms with E-state index in [0.29, 0.717) is 16.5 Å². The largest absolute Gasteiger partial charge is 0.457 e. The first-order chi connectivity index (χ1) is 9.63. The summed E-state index contributed by atoms with van der Waals surface area (Å²) in [7, 11) is 0. The fourth-order valence-electron chi connectivity index (χ4n) is 1.49. The monoisotopic (exact) mass is 289 g/mol. The van der Waals surface area contributed by atoms with Crippen molar-refractivity contribution < 1.29 is 9.84 Å². The van der Waals surface area contributed by atoms with E-state index in [1.807, 2.05) is 24.3 Å². The Balaban J connectivity index is 2.11. The van der Waals surface area contributed by atoms with Gasteiger partial charge >= 0.3 is 0 Å². The maximum atomic E-state index is 5.82. The zero-order valence-electron chi connectivity index (χ0n) is 10.6. The van der Waals surface area contributed by atoms with Crippen molar-refractivity contribution in [1.82, 2.24) is 0 Å². The fourth-order valence-corrected chi connectivity index (χ4v) is 1.61. The molecule has 102 valence electrons. The third kappa shape index (κ3) is 4.29. The summed E-state index contributed by atoms with van der Waals surface area (Å²) in [6.07, 6.45) is 1.66. The number of guanidine groups is 1. The normalized spacial score (nSPS) is 10.4. The molecule has 0 heterocycles. The molecule has 0 atom stereocenters. The number of hydrazone groups is 1. The summed E-state index contributed by atoms with van der Waals surface area (Å²) in [4.78, 5) is 0.